The Hall–Kier alpha value is -1.79. The van der Waals surface area contributed by atoms with Gasteiger partial charge in [-0.15, -0.1) is 11.8 Å². The number of amides is 2. The molecule has 0 aliphatic heterocycles. The largest absolute Gasteiger partial charge is 0.352 e. The van der Waals surface area contributed by atoms with Crippen LogP contribution in [0.2, 0.25) is 0 Å². The van der Waals surface area contributed by atoms with Crippen LogP contribution in [0.15, 0.2) is 53.0 Å². The lowest BCUT2D eigenvalue weighted by molar-refractivity contribution is -0.139. The number of rotatable bonds is 9. The van der Waals surface area contributed by atoms with E-state index in [-0.39, 0.29) is 17.9 Å². The summed E-state index contributed by atoms with van der Waals surface area (Å²) in [5, 5.41) is 3.19. The number of aryl methyl sites for hydroxylation is 1. The number of carbonyl (C=O) groups excluding carboxylic acids is 2. The zero-order valence-corrected chi connectivity index (χ0v) is 21.4. The highest BCUT2D eigenvalue weighted by Crippen LogP contribution is 2.20. The second kappa shape index (κ2) is 12.4. The Kier molecular flexibility index (Phi) is 9.67. The lowest BCUT2D eigenvalue weighted by Crippen LogP contribution is -2.50. The standard InChI is InChI=1S/C26H33BrN2O2S/c1-19-8-10-21(11-9-19)16-29(20(2)26(31)28-24-6-4-3-5-7-24)25(30)18-32-17-22-12-14-23(27)15-13-22/h8-15,20,24H,3-7,16-18H2,1-2H3,(H,28,31)/t20-/m0/s1. The zero-order chi connectivity index (χ0) is 22.9. The molecule has 0 heterocycles. The molecule has 4 nitrogen and oxygen atoms in total. The van der Waals surface area contributed by atoms with E-state index in [1.807, 2.05) is 50.2 Å². The highest BCUT2D eigenvalue weighted by molar-refractivity contribution is 9.10. The van der Waals surface area contributed by atoms with Crippen molar-refractivity contribution in [2.24, 2.45) is 0 Å². The van der Waals surface area contributed by atoms with Crippen molar-refractivity contribution in [1.29, 1.82) is 0 Å². The number of thioether (sulfide) groups is 1. The molecule has 0 unspecified atom stereocenters. The molecular formula is C26H33BrN2O2S. The molecule has 32 heavy (non-hydrogen) atoms. The van der Waals surface area contributed by atoms with E-state index in [2.05, 4.69) is 33.4 Å². The van der Waals surface area contributed by atoms with Gasteiger partial charge in [-0.1, -0.05) is 77.2 Å². The summed E-state index contributed by atoms with van der Waals surface area (Å²) in [6, 6.07) is 16.1. The average molecular weight is 518 g/mol. The van der Waals surface area contributed by atoms with Crippen LogP contribution < -0.4 is 5.32 Å². The molecule has 2 aromatic rings. The molecule has 1 atom stereocenters. The van der Waals surface area contributed by atoms with Crippen molar-refractivity contribution < 1.29 is 9.59 Å². The Morgan fingerprint density at radius 2 is 1.66 bits per heavy atom. The molecule has 3 rings (SSSR count). The molecule has 2 aromatic carbocycles. The number of halogens is 1. The first-order valence-corrected chi connectivity index (χ1v) is 13.3. The smallest absolute Gasteiger partial charge is 0.242 e. The van der Waals surface area contributed by atoms with Gasteiger partial charge in [-0.3, -0.25) is 9.59 Å². The van der Waals surface area contributed by atoms with E-state index < -0.39 is 6.04 Å². The molecule has 0 saturated heterocycles. The summed E-state index contributed by atoms with van der Waals surface area (Å²) >= 11 is 5.04. The minimum atomic E-state index is -0.501. The molecule has 1 fully saturated rings. The monoisotopic (exact) mass is 516 g/mol. The van der Waals surface area contributed by atoms with Gasteiger partial charge in [0.1, 0.15) is 6.04 Å². The molecule has 0 spiro atoms. The van der Waals surface area contributed by atoms with Gasteiger partial charge in [-0.25, -0.2) is 0 Å². The van der Waals surface area contributed by atoms with E-state index in [1.165, 1.54) is 17.5 Å². The fraction of sp³-hybridized carbons (Fsp3) is 0.462. The first-order chi connectivity index (χ1) is 15.4. The van der Waals surface area contributed by atoms with Crippen molar-refractivity contribution in [1.82, 2.24) is 10.2 Å². The van der Waals surface area contributed by atoms with Crippen LogP contribution in [-0.2, 0) is 21.9 Å². The van der Waals surface area contributed by atoms with E-state index in [0.717, 1.165) is 41.5 Å². The maximum atomic E-state index is 13.2. The van der Waals surface area contributed by atoms with Crippen LogP contribution in [0.25, 0.3) is 0 Å². The number of hydrogen-bond acceptors (Lipinski definition) is 3. The van der Waals surface area contributed by atoms with Crippen molar-refractivity contribution in [3.05, 3.63) is 69.7 Å². The van der Waals surface area contributed by atoms with Crippen LogP contribution in [0.3, 0.4) is 0 Å². The molecule has 1 aliphatic rings. The topological polar surface area (TPSA) is 49.4 Å². The summed E-state index contributed by atoms with van der Waals surface area (Å²) in [6.07, 6.45) is 5.65. The van der Waals surface area contributed by atoms with Gasteiger partial charge in [0.2, 0.25) is 11.8 Å². The second-order valence-corrected chi connectivity index (χ2v) is 10.5. The van der Waals surface area contributed by atoms with E-state index >= 15 is 0 Å². The van der Waals surface area contributed by atoms with Gasteiger partial charge in [-0.2, -0.15) is 0 Å². The van der Waals surface area contributed by atoms with Crippen molar-refractivity contribution in [2.75, 3.05) is 5.75 Å². The summed E-state index contributed by atoms with van der Waals surface area (Å²) in [4.78, 5) is 28.0. The maximum Gasteiger partial charge on any atom is 0.242 e. The Labute approximate surface area is 204 Å². The van der Waals surface area contributed by atoms with Crippen LogP contribution >= 0.6 is 27.7 Å². The van der Waals surface area contributed by atoms with E-state index in [0.29, 0.717) is 12.3 Å². The quantitative estimate of drug-likeness (QED) is 0.454. The van der Waals surface area contributed by atoms with Crippen molar-refractivity contribution in [2.45, 2.75) is 70.3 Å². The molecule has 2 amide bonds. The van der Waals surface area contributed by atoms with Gasteiger partial charge >= 0.3 is 0 Å². The van der Waals surface area contributed by atoms with Gasteiger partial charge in [0, 0.05) is 22.8 Å². The van der Waals surface area contributed by atoms with E-state index in [1.54, 1.807) is 16.7 Å². The highest BCUT2D eigenvalue weighted by Gasteiger charge is 2.28. The normalized spacial score (nSPS) is 15.2. The molecule has 6 heteroatoms. The number of nitrogens with one attached hydrogen (secondary N) is 1. The fourth-order valence-electron chi connectivity index (χ4n) is 3.96. The van der Waals surface area contributed by atoms with E-state index in [9.17, 15) is 9.59 Å². The third-order valence-corrected chi connectivity index (χ3v) is 7.52. The van der Waals surface area contributed by atoms with E-state index in [4.69, 9.17) is 0 Å². The summed E-state index contributed by atoms with van der Waals surface area (Å²) in [7, 11) is 0. The number of carbonyl (C=O) groups is 2. The number of benzene rings is 2. The van der Waals surface area contributed by atoms with Crippen molar-refractivity contribution in [3.63, 3.8) is 0 Å². The van der Waals surface area contributed by atoms with Crippen LogP contribution in [0.4, 0.5) is 0 Å². The first-order valence-electron chi connectivity index (χ1n) is 11.4. The van der Waals surface area contributed by atoms with Gasteiger partial charge in [0.05, 0.1) is 5.75 Å². The molecule has 0 bridgehead atoms. The van der Waals surface area contributed by atoms with Crippen molar-refractivity contribution >= 4 is 39.5 Å². The summed E-state index contributed by atoms with van der Waals surface area (Å²) in [5.41, 5.74) is 3.40. The summed E-state index contributed by atoms with van der Waals surface area (Å²) in [6.45, 7) is 4.34. The third kappa shape index (κ3) is 7.66. The number of hydrogen-bond donors (Lipinski definition) is 1. The molecule has 1 saturated carbocycles. The molecular weight excluding hydrogens is 484 g/mol. The number of nitrogens with zero attached hydrogens (tertiary/aromatic N) is 1. The summed E-state index contributed by atoms with van der Waals surface area (Å²) in [5.74, 6) is 1.07. The maximum absolute atomic E-state index is 13.2. The van der Waals surface area contributed by atoms with Gasteiger partial charge in [-0.05, 0) is 49.9 Å². The van der Waals surface area contributed by atoms with Gasteiger partial charge < -0.3 is 10.2 Å². The van der Waals surface area contributed by atoms with Crippen LogP contribution in [0.5, 0.6) is 0 Å². The first kappa shape index (κ1) is 24.8. The molecule has 1 N–H and O–H groups in total. The summed E-state index contributed by atoms with van der Waals surface area (Å²) < 4.78 is 1.05. The SMILES string of the molecule is Cc1ccc(CN(C(=O)CSCc2ccc(Br)cc2)[C@@H](C)C(=O)NC2CCCCC2)cc1. The zero-order valence-electron chi connectivity index (χ0n) is 19.0. The minimum absolute atomic E-state index is 0.000944. The molecule has 0 radical (unpaired) electrons. The van der Waals surface area contributed by atoms with Gasteiger partial charge in [0.25, 0.3) is 0 Å². The molecule has 172 valence electrons. The lowest BCUT2D eigenvalue weighted by Gasteiger charge is -2.31. The average Bonchev–Trinajstić information content (AvgIpc) is 2.80. The lowest BCUT2D eigenvalue weighted by atomic mass is 9.95. The Morgan fingerprint density at radius 3 is 2.31 bits per heavy atom. The minimum Gasteiger partial charge on any atom is -0.352 e. The second-order valence-electron chi connectivity index (χ2n) is 8.65. The third-order valence-electron chi connectivity index (χ3n) is 6.00. The van der Waals surface area contributed by atoms with Gasteiger partial charge in [0.15, 0.2) is 0 Å². The fourth-order valence-corrected chi connectivity index (χ4v) is 5.10. The van der Waals surface area contributed by atoms with Crippen molar-refractivity contribution in [3.8, 4) is 0 Å². The predicted molar refractivity (Wildman–Crippen MR) is 137 cm³/mol. The predicted octanol–water partition coefficient (Wildman–Crippen LogP) is 5.86. The Bertz CT molecular complexity index is 880. The Balaban J connectivity index is 1.64. The van der Waals surface area contributed by atoms with Crippen LogP contribution in [0, 0.1) is 6.92 Å². The molecule has 1 aliphatic carbocycles. The van der Waals surface area contributed by atoms with Crippen LogP contribution in [-0.4, -0.2) is 34.6 Å². The Morgan fingerprint density at radius 1 is 1.03 bits per heavy atom. The molecule has 0 aromatic heterocycles. The van der Waals surface area contributed by atoms with Crippen LogP contribution in [0.1, 0.15) is 55.7 Å². The highest BCUT2D eigenvalue weighted by atomic mass is 79.9.